The minimum atomic E-state index is -1.16. The maximum Gasteiger partial charge on any atom is 0.329 e. The molecule has 0 aromatic heterocycles. The zero-order chi connectivity index (χ0) is 15.6. The molecule has 5 nitrogen and oxygen atoms in total. The lowest BCUT2D eigenvalue weighted by Crippen LogP contribution is -2.54. The highest BCUT2D eigenvalue weighted by molar-refractivity contribution is 5.86. The summed E-state index contributed by atoms with van der Waals surface area (Å²) in [6, 6.07) is 5.12. The first-order chi connectivity index (χ1) is 9.84. The number of urea groups is 1. The van der Waals surface area contributed by atoms with Gasteiger partial charge in [-0.25, -0.2) is 14.0 Å². The van der Waals surface area contributed by atoms with Gasteiger partial charge in [0.25, 0.3) is 0 Å². The van der Waals surface area contributed by atoms with Gasteiger partial charge in [0.1, 0.15) is 11.4 Å². The average Bonchev–Trinajstić information content (AvgIpc) is 2.83. The predicted molar refractivity (Wildman–Crippen MR) is 75.3 cm³/mol. The second-order valence-electron chi connectivity index (χ2n) is 5.56. The number of rotatable bonds is 3. The van der Waals surface area contributed by atoms with Crippen LogP contribution < -0.4 is 5.32 Å². The normalized spacial score (nSPS) is 22.9. The molecule has 114 valence electrons. The van der Waals surface area contributed by atoms with Crippen molar-refractivity contribution in [1.29, 1.82) is 0 Å². The van der Waals surface area contributed by atoms with Crippen LogP contribution in [0.15, 0.2) is 24.3 Å². The van der Waals surface area contributed by atoms with Crippen LogP contribution >= 0.6 is 0 Å². The number of carbonyl (C=O) groups excluding carboxylic acids is 1. The molecule has 6 heteroatoms. The van der Waals surface area contributed by atoms with Gasteiger partial charge < -0.3 is 15.3 Å². The lowest BCUT2D eigenvalue weighted by atomic mass is 9.99. The van der Waals surface area contributed by atoms with E-state index in [0.29, 0.717) is 19.4 Å². The topological polar surface area (TPSA) is 69.6 Å². The van der Waals surface area contributed by atoms with Gasteiger partial charge in [-0.05, 0) is 44.4 Å². The fraction of sp³-hybridized carbons (Fsp3) is 0.467. The zero-order valence-corrected chi connectivity index (χ0v) is 12.1. The highest BCUT2D eigenvalue weighted by atomic mass is 19.1. The maximum absolute atomic E-state index is 12.9. The zero-order valence-electron chi connectivity index (χ0n) is 12.1. The number of aliphatic carboxylic acids is 1. The van der Waals surface area contributed by atoms with E-state index in [1.807, 2.05) is 0 Å². The van der Waals surface area contributed by atoms with Gasteiger partial charge in [0.15, 0.2) is 0 Å². The highest BCUT2D eigenvalue weighted by Gasteiger charge is 2.46. The molecule has 2 atom stereocenters. The molecule has 0 bridgehead atoms. The minimum Gasteiger partial charge on any atom is -0.480 e. The number of benzene rings is 1. The van der Waals surface area contributed by atoms with Gasteiger partial charge in [-0.1, -0.05) is 12.1 Å². The van der Waals surface area contributed by atoms with E-state index in [9.17, 15) is 19.1 Å². The molecule has 1 heterocycles. The largest absolute Gasteiger partial charge is 0.480 e. The maximum atomic E-state index is 12.9. The molecule has 1 aliphatic heterocycles. The van der Waals surface area contributed by atoms with E-state index in [1.54, 1.807) is 26.0 Å². The Balaban J connectivity index is 2.07. The van der Waals surface area contributed by atoms with Crippen LogP contribution in [0.5, 0.6) is 0 Å². The lowest BCUT2D eigenvalue weighted by molar-refractivity contribution is -0.147. The molecule has 0 radical (unpaired) electrons. The summed E-state index contributed by atoms with van der Waals surface area (Å²) in [5.74, 6) is -1.33. The molecule has 2 rings (SSSR count). The molecule has 2 amide bonds. The molecular formula is C15H19FN2O3. The Morgan fingerprint density at radius 1 is 1.38 bits per heavy atom. The SMILES string of the molecule is CC(NC(=O)N1CCCC1(C)C(=O)O)c1ccc(F)cc1. The van der Waals surface area contributed by atoms with Crippen molar-refractivity contribution in [2.45, 2.75) is 38.3 Å². The highest BCUT2D eigenvalue weighted by Crippen LogP contribution is 2.29. The molecule has 1 aromatic carbocycles. The van der Waals surface area contributed by atoms with E-state index < -0.39 is 17.5 Å². The van der Waals surface area contributed by atoms with Crippen LogP contribution in [0, 0.1) is 5.82 Å². The number of hydrogen-bond donors (Lipinski definition) is 2. The molecule has 21 heavy (non-hydrogen) atoms. The summed E-state index contributed by atoms with van der Waals surface area (Å²) < 4.78 is 12.9. The first-order valence-corrected chi connectivity index (χ1v) is 6.91. The van der Waals surface area contributed by atoms with Crippen molar-refractivity contribution in [2.75, 3.05) is 6.54 Å². The Kier molecular flexibility index (Phi) is 4.16. The van der Waals surface area contributed by atoms with Crippen molar-refractivity contribution in [3.8, 4) is 0 Å². The Morgan fingerprint density at radius 2 is 2.00 bits per heavy atom. The van der Waals surface area contributed by atoms with E-state index in [1.165, 1.54) is 17.0 Å². The van der Waals surface area contributed by atoms with Crippen molar-refractivity contribution in [1.82, 2.24) is 10.2 Å². The molecule has 1 aromatic rings. The van der Waals surface area contributed by atoms with Crippen LogP contribution in [0.2, 0.25) is 0 Å². The van der Waals surface area contributed by atoms with Crippen LogP contribution in [0.1, 0.15) is 38.3 Å². The molecular weight excluding hydrogens is 275 g/mol. The first kappa shape index (κ1) is 15.3. The summed E-state index contributed by atoms with van der Waals surface area (Å²) in [6.07, 6.45) is 1.11. The number of hydrogen-bond acceptors (Lipinski definition) is 2. The Morgan fingerprint density at radius 3 is 2.57 bits per heavy atom. The van der Waals surface area contributed by atoms with Crippen molar-refractivity contribution < 1.29 is 19.1 Å². The third kappa shape index (κ3) is 2.99. The van der Waals surface area contributed by atoms with Crippen LogP contribution in [0.3, 0.4) is 0 Å². The molecule has 2 N–H and O–H groups in total. The van der Waals surface area contributed by atoms with Crippen molar-refractivity contribution in [3.63, 3.8) is 0 Å². The number of amides is 2. The Hall–Kier alpha value is -2.11. The van der Waals surface area contributed by atoms with Crippen LogP contribution in [-0.4, -0.2) is 34.1 Å². The number of carboxylic acids is 1. The third-order valence-corrected chi connectivity index (χ3v) is 4.06. The second-order valence-corrected chi connectivity index (χ2v) is 5.56. The smallest absolute Gasteiger partial charge is 0.329 e. The van der Waals surface area contributed by atoms with Crippen LogP contribution in [0.4, 0.5) is 9.18 Å². The van der Waals surface area contributed by atoms with Crippen LogP contribution in [-0.2, 0) is 4.79 Å². The van der Waals surface area contributed by atoms with Crippen LogP contribution in [0.25, 0.3) is 0 Å². The van der Waals surface area contributed by atoms with Crippen molar-refractivity contribution >= 4 is 12.0 Å². The van der Waals surface area contributed by atoms with E-state index in [2.05, 4.69) is 5.32 Å². The summed E-state index contributed by atoms with van der Waals surface area (Å²) >= 11 is 0. The quantitative estimate of drug-likeness (QED) is 0.900. The predicted octanol–water partition coefficient (Wildman–Crippen LogP) is 2.54. The molecule has 0 spiro atoms. The van der Waals surface area contributed by atoms with Gasteiger partial charge in [0.05, 0.1) is 6.04 Å². The lowest BCUT2D eigenvalue weighted by Gasteiger charge is -2.32. The van der Waals surface area contributed by atoms with Gasteiger partial charge >= 0.3 is 12.0 Å². The average molecular weight is 294 g/mol. The summed E-state index contributed by atoms with van der Waals surface area (Å²) in [7, 11) is 0. The van der Waals surface area contributed by atoms with E-state index >= 15 is 0 Å². The molecule has 0 aliphatic carbocycles. The van der Waals surface area contributed by atoms with Gasteiger partial charge in [-0.15, -0.1) is 0 Å². The Bertz CT molecular complexity index is 546. The fourth-order valence-corrected chi connectivity index (χ4v) is 2.61. The van der Waals surface area contributed by atoms with Gasteiger partial charge in [-0.2, -0.15) is 0 Å². The van der Waals surface area contributed by atoms with E-state index in [0.717, 1.165) is 5.56 Å². The molecule has 1 aliphatic rings. The summed E-state index contributed by atoms with van der Waals surface area (Å²) in [5, 5.41) is 12.1. The van der Waals surface area contributed by atoms with Gasteiger partial charge in [0, 0.05) is 6.54 Å². The summed E-state index contributed by atoms with van der Waals surface area (Å²) in [5.41, 5.74) is -0.395. The molecule has 1 saturated heterocycles. The summed E-state index contributed by atoms with van der Waals surface area (Å²) in [6.45, 7) is 3.76. The minimum absolute atomic E-state index is 0.322. The molecule has 2 unspecified atom stereocenters. The number of likely N-dealkylation sites (tertiary alicyclic amines) is 1. The molecule has 0 saturated carbocycles. The van der Waals surface area contributed by atoms with Crippen molar-refractivity contribution in [3.05, 3.63) is 35.6 Å². The number of nitrogens with zero attached hydrogens (tertiary/aromatic N) is 1. The first-order valence-electron chi connectivity index (χ1n) is 6.91. The number of carbonyl (C=O) groups is 2. The van der Waals surface area contributed by atoms with Gasteiger partial charge in [-0.3, -0.25) is 0 Å². The van der Waals surface area contributed by atoms with Crippen molar-refractivity contribution in [2.24, 2.45) is 0 Å². The molecule has 1 fully saturated rings. The number of carboxylic acid groups (broad SMARTS) is 1. The Labute approximate surface area is 122 Å². The fourth-order valence-electron chi connectivity index (χ4n) is 2.61. The standard InChI is InChI=1S/C15H19FN2O3/c1-10(11-4-6-12(16)7-5-11)17-14(21)18-9-3-8-15(18,2)13(19)20/h4-7,10H,3,8-9H2,1-2H3,(H,17,21)(H,19,20). The third-order valence-electron chi connectivity index (χ3n) is 4.06. The summed E-state index contributed by atoms with van der Waals surface area (Å²) in [4.78, 5) is 25.0. The van der Waals surface area contributed by atoms with E-state index in [4.69, 9.17) is 0 Å². The number of halogens is 1. The van der Waals surface area contributed by atoms with E-state index in [-0.39, 0.29) is 11.9 Å². The monoisotopic (exact) mass is 294 g/mol. The van der Waals surface area contributed by atoms with Gasteiger partial charge in [0.2, 0.25) is 0 Å². The number of nitrogens with one attached hydrogen (secondary N) is 1. The second kappa shape index (κ2) is 5.71.